The van der Waals surface area contributed by atoms with Crippen molar-refractivity contribution >= 4 is 0 Å². The highest BCUT2D eigenvalue weighted by molar-refractivity contribution is 5.27. The molecule has 2 heterocycles. The normalized spacial score (nSPS) is 21.3. The van der Waals surface area contributed by atoms with Gasteiger partial charge in [0.1, 0.15) is 6.07 Å². The van der Waals surface area contributed by atoms with Gasteiger partial charge in [-0.05, 0) is 25.0 Å². The van der Waals surface area contributed by atoms with Crippen LogP contribution in [-0.2, 0) is 4.74 Å². The fourth-order valence-electron chi connectivity index (χ4n) is 1.47. The maximum atomic E-state index is 8.57. The Morgan fingerprint density at radius 3 is 3.00 bits per heavy atom. The van der Waals surface area contributed by atoms with Crippen LogP contribution in [-0.4, -0.2) is 11.6 Å². The molecule has 0 N–H and O–H groups in total. The van der Waals surface area contributed by atoms with Crippen molar-refractivity contribution in [3.8, 4) is 6.07 Å². The first-order valence-electron chi connectivity index (χ1n) is 4.38. The lowest BCUT2D eigenvalue weighted by Gasteiger charge is -2.07. The summed E-state index contributed by atoms with van der Waals surface area (Å²) in [6.45, 7) is 0.826. The van der Waals surface area contributed by atoms with Crippen molar-refractivity contribution in [2.45, 2.75) is 18.9 Å². The van der Waals surface area contributed by atoms with E-state index in [2.05, 4.69) is 4.98 Å². The molecular formula is C10H10N2O. The maximum absolute atomic E-state index is 8.57. The van der Waals surface area contributed by atoms with Gasteiger partial charge in [0.25, 0.3) is 0 Å². The Labute approximate surface area is 77.0 Å². The molecule has 0 saturated carbocycles. The summed E-state index contributed by atoms with van der Waals surface area (Å²) >= 11 is 0. The predicted molar refractivity (Wildman–Crippen MR) is 46.9 cm³/mol. The van der Waals surface area contributed by atoms with Crippen molar-refractivity contribution in [1.29, 1.82) is 5.26 Å². The van der Waals surface area contributed by atoms with Crippen LogP contribution in [0, 0.1) is 11.3 Å². The summed E-state index contributed by atoms with van der Waals surface area (Å²) in [7, 11) is 0. The van der Waals surface area contributed by atoms with Gasteiger partial charge in [0, 0.05) is 12.8 Å². The third-order valence-corrected chi connectivity index (χ3v) is 2.18. The second-order valence-electron chi connectivity index (χ2n) is 3.09. The van der Waals surface area contributed by atoms with Gasteiger partial charge in [0.05, 0.1) is 17.4 Å². The molecule has 13 heavy (non-hydrogen) atoms. The smallest absolute Gasteiger partial charge is 0.101 e. The van der Waals surface area contributed by atoms with E-state index in [1.54, 1.807) is 12.3 Å². The SMILES string of the molecule is N#Cc1ccc(C2CCCO2)nc1. The Kier molecular flexibility index (Phi) is 2.24. The molecular weight excluding hydrogens is 164 g/mol. The molecule has 0 bridgehead atoms. The summed E-state index contributed by atoms with van der Waals surface area (Å²) in [5.74, 6) is 0. The van der Waals surface area contributed by atoms with Gasteiger partial charge in [0.15, 0.2) is 0 Å². The Morgan fingerprint density at radius 2 is 2.46 bits per heavy atom. The Morgan fingerprint density at radius 1 is 1.54 bits per heavy atom. The first-order chi connectivity index (χ1) is 6.40. The molecule has 0 amide bonds. The van der Waals surface area contributed by atoms with E-state index in [0.29, 0.717) is 5.56 Å². The largest absolute Gasteiger partial charge is 0.372 e. The minimum Gasteiger partial charge on any atom is -0.372 e. The zero-order chi connectivity index (χ0) is 9.10. The Hall–Kier alpha value is -1.40. The molecule has 0 radical (unpaired) electrons. The highest BCUT2D eigenvalue weighted by Gasteiger charge is 2.18. The molecule has 1 aliphatic rings. The van der Waals surface area contributed by atoms with Gasteiger partial charge in [-0.1, -0.05) is 0 Å². The van der Waals surface area contributed by atoms with E-state index in [4.69, 9.17) is 10.00 Å². The van der Waals surface area contributed by atoms with E-state index in [9.17, 15) is 0 Å². The number of nitriles is 1. The molecule has 1 saturated heterocycles. The third kappa shape index (κ3) is 1.68. The van der Waals surface area contributed by atoms with Gasteiger partial charge < -0.3 is 4.74 Å². The summed E-state index contributed by atoms with van der Waals surface area (Å²) in [6, 6.07) is 5.69. The lowest BCUT2D eigenvalue weighted by Crippen LogP contribution is -1.98. The van der Waals surface area contributed by atoms with Crippen LogP contribution in [0.5, 0.6) is 0 Å². The van der Waals surface area contributed by atoms with Gasteiger partial charge in [-0.25, -0.2) is 0 Å². The molecule has 0 aliphatic carbocycles. The molecule has 2 rings (SSSR count). The average molecular weight is 174 g/mol. The van der Waals surface area contributed by atoms with E-state index >= 15 is 0 Å². The van der Waals surface area contributed by atoms with Crippen LogP contribution in [0.2, 0.25) is 0 Å². The molecule has 1 aromatic heterocycles. The van der Waals surface area contributed by atoms with Crippen LogP contribution in [0.1, 0.15) is 30.2 Å². The molecule has 3 nitrogen and oxygen atoms in total. The highest BCUT2D eigenvalue weighted by atomic mass is 16.5. The predicted octanol–water partition coefficient (Wildman–Crippen LogP) is 1.80. The van der Waals surface area contributed by atoms with Crippen LogP contribution in [0.15, 0.2) is 18.3 Å². The number of hydrogen-bond donors (Lipinski definition) is 0. The van der Waals surface area contributed by atoms with E-state index in [1.807, 2.05) is 12.1 Å². The molecule has 1 aromatic rings. The van der Waals surface area contributed by atoms with Gasteiger partial charge >= 0.3 is 0 Å². The van der Waals surface area contributed by atoms with E-state index in [-0.39, 0.29) is 6.10 Å². The van der Waals surface area contributed by atoms with Crippen molar-refractivity contribution in [3.63, 3.8) is 0 Å². The maximum Gasteiger partial charge on any atom is 0.101 e. The molecule has 1 atom stereocenters. The summed E-state index contributed by atoms with van der Waals surface area (Å²) in [5.41, 5.74) is 1.54. The van der Waals surface area contributed by atoms with Crippen molar-refractivity contribution in [3.05, 3.63) is 29.6 Å². The molecule has 3 heteroatoms. The zero-order valence-electron chi connectivity index (χ0n) is 7.23. The van der Waals surface area contributed by atoms with E-state index in [0.717, 1.165) is 25.1 Å². The number of pyridine rings is 1. The lowest BCUT2D eigenvalue weighted by atomic mass is 10.1. The van der Waals surface area contributed by atoms with Crippen LogP contribution >= 0.6 is 0 Å². The second-order valence-corrected chi connectivity index (χ2v) is 3.09. The van der Waals surface area contributed by atoms with E-state index in [1.165, 1.54) is 0 Å². The highest BCUT2D eigenvalue weighted by Crippen LogP contribution is 2.26. The van der Waals surface area contributed by atoms with Crippen LogP contribution in [0.3, 0.4) is 0 Å². The fraction of sp³-hybridized carbons (Fsp3) is 0.400. The number of hydrogen-bond acceptors (Lipinski definition) is 3. The first-order valence-corrected chi connectivity index (χ1v) is 4.38. The Balaban J connectivity index is 2.18. The summed E-state index contributed by atoms with van der Waals surface area (Å²) in [5, 5.41) is 8.57. The van der Waals surface area contributed by atoms with Gasteiger partial charge in [-0.2, -0.15) is 5.26 Å². The van der Waals surface area contributed by atoms with Crippen LogP contribution in [0.4, 0.5) is 0 Å². The van der Waals surface area contributed by atoms with Gasteiger partial charge in [-0.15, -0.1) is 0 Å². The topological polar surface area (TPSA) is 45.9 Å². The molecule has 66 valence electrons. The number of ether oxygens (including phenoxy) is 1. The second kappa shape index (κ2) is 3.55. The minimum atomic E-state index is 0.146. The number of nitrogens with zero attached hydrogens (tertiary/aromatic N) is 2. The van der Waals surface area contributed by atoms with E-state index < -0.39 is 0 Å². The van der Waals surface area contributed by atoms with Crippen molar-refractivity contribution < 1.29 is 4.74 Å². The van der Waals surface area contributed by atoms with Crippen LogP contribution < -0.4 is 0 Å². The van der Waals surface area contributed by atoms with Crippen molar-refractivity contribution in [2.75, 3.05) is 6.61 Å². The fourth-order valence-corrected chi connectivity index (χ4v) is 1.47. The molecule has 1 fully saturated rings. The zero-order valence-corrected chi connectivity index (χ0v) is 7.23. The summed E-state index contributed by atoms with van der Waals surface area (Å²) in [4.78, 5) is 4.18. The quantitative estimate of drug-likeness (QED) is 0.652. The number of aromatic nitrogens is 1. The summed E-state index contributed by atoms with van der Waals surface area (Å²) < 4.78 is 5.47. The van der Waals surface area contributed by atoms with Crippen molar-refractivity contribution in [2.24, 2.45) is 0 Å². The summed E-state index contributed by atoms with van der Waals surface area (Å²) in [6.07, 6.45) is 3.88. The molecule has 1 unspecified atom stereocenters. The van der Waals surface area contributed by atoms with Crippen molar-refractivity contribution in [1.82, 2.24) is 4.98 Å². The van der Waals surface area contributed by atoms with Gasteiger partial charge in [-0.3, -0.25) is 4.98 Å². The van der Waals surface area contributed by atoms with Crippen LogP contribution in [0.25, 0.3) is 0 Å². The molecule has 0 aromatic carbocycles. The monoisotopic (exact) mass is 174 g/mol. The standard InChI is InChI=1S/C10H10N2O/c11-6-8-3-4-9(12-7-8)10-2-1-5-13-10/h3-4,7,10H,1-2,5H2. The number of rotatable bonds is 1. The minimum absolute atomic E-state index is 0.146. The molecule has 1 aliphatic heterocycles. The lowest BCUT2D eigenvalue weighted by molar-refractivity contribution is 0.108. The third-order valence-electron chi connectivity index (χ3n) is 2.18. The van der Waals surface area contributed by atoms with Gasteiger partial charge in [0.2, 0.25) is 0 Å². The first kappa shape index (κ1) is 8.21. The Bertz CT molecular complexity index is 320. The molecule has 0 spiro atoms. The average Bonchev–Trinajstić information content (AvgIpc) is 2.71.